The number of anilines is 1. The van der Waals surface area contributed by atoms with Crippen LogP contribution in [0, 0.1) is 15.9 Å². The van der Waals surface area contributed by atoms with Gasteiger partial charge in [0.2, 0.25) is 0 Å². The van der Waals surface area contributed by atoms with Crippen LogP contribution in [0.3, 0.4) is 0 Å². The molecule has 1 unspecified atom stereocenters. The van der Waals surface area contributed by atoms with E-state index in [4.69, 9.17) is 9.84 Å². The van der Waals surface area contributed by atoms with Crippen molar-refractivity contribution in [2.75, 3.05) is 18.5 Å². The fraction of sp³-hybridized carbons (Fsp3) is 0.462. The lowest BCUT2D eigenvalue weighted by Crippen LogP contribution is -2.27. The molecule has 1 heterocycles. The van der Waals surface area contributed by atoms with Gasteiger partial charge in [0.25, 0.3) is 5.69 Å². The van der Waals surface area contributed by atoms with Crippen molar-refractivity contribution in [3.8, 4) is 0 Å². The summed E-state index contributed by atoms with van der Waals surface area (Å²) in [5.74, 6) is -2.56. The van der Waals surface area contributed by atoms with Crippen molar-refractivity contribution in [2.45, 2.75) is 25.4 Å². The molecule has 2 rings (SSSR count). The van der Waals surface area contributed by atoms with Gasteiger partial charge in [0.15, 0.2) is 0 Å². The van der Waals surface area contributed by atoms with Gasteiger partial charge in [-0.3, -0.25) is 10.1 Å². The van der Waals surface area contributed by atoms with E-state index in [2.05, 4.69) is 5.32 Å². The van der Waals surface area contributed by atoms with Crippen LogP contribution in [0.2, 0.25) is 0 Å². The number of carbonyl (C=O) groups is 1. The Labute approximate surface area is 119 Å². The Bertz CT molecular complexity index is 558. The van der Waals surface area contributed by atoms with Crippen molar-refractivity contribution in [1.82, 2.24) is 0 Å². The van der Waals surface area contributed by atoms with Gasteiger partial charge in [0.05, 0.1) is 11.0 Å². The number of carboxylic acids is 1. The highest BCUT2D eigenvalue weighted by molar-refractivity contribution is 5.90. The molecule has 0 saturated carbocycles. The zero-order valence-electron chi connectivity index (χ0n) is 11.2. The molecule has 21 heavy (non-hydrogen) atoms. The number of rotatable bonds is 5. The summed E-state index contributed by atoms with van der Waals surface area (Å²) in [5.41, 5.74) is -1.23. The Morgan fingerprint density at radius 3 is 2.86 bits per heavy atom. The highest BCUT2D eigenvalue weighted by Crippen LogP contribution is 2.28. The van der Waals surface area contributed by atoms with Gasteiger partial charge in [0.1, 0.15) is 17.1 Å². The molecule has 1 aromatic rings. The molecule has 8 heteroatoms. The minimum Gasteiger partial charge on any atom is -0.478 e. The number of nitrogens with one attached hydrogen (secondary N) is 1. The minimum atomic E-state index is -1.54. The average molecular weight is 298 g/mol. The molecular weight excluding hydrogens is 283 g/mol. The molecule has 1 saturated heterocycles. The molecule has 1 fully saturated rings. The number of aromatic carboxylic acids is 1. The Morgan fingerprint density at radius 2 is 2.29 bits per heavy atom. The first-order valence-corrected chi connectivity index (χ1v) is 6.55. The van der Waals surface area contributed by atoms with Crippen molar-refractivity contribution in [1.29, 1.82) is 0 Å². The van der Waals surface area contributed by atoms with E-state index in [1.54, 1.807) is 0 Å². The van der Waals surface area contributed by atoms with Crippen molar-refractivity contribution in [2.24, 2.45) is 0 Å². The third-order valence-electron chi connectivity index (χ3n) is 3.31. The molecule has 0 bridgehead atoms. The van der Waals surface area contributed by atoms with Gasteiger partial charge >= 0.3 is 5.97 Å². The van der Waals surface area contributed by atoms with Gasteiger partial charge in [0, 0.05) is 25.3 Å². The van der Waals surface area contributed by atoms with Crippen LogP contribution in [0.4, 0.5) is 15.8 Å². The van der Waals surface area contributed by atoms with Gasteiger partial charge in [-0.2, -0.15) is 0 Å². The first-order chi connectivity index (χ1) is 9.99. The number of carboxylic acid groups (broad SMARTS) is 1. The Morgan fingerprint density at radius 1 is 1.52 bits per heavy atom. The molecule has 114 valence electrons. The van der Waals surface area contributed by atoms with E-state index in [0.717, 1.165) is 31.4 Å². The summed E-state index contributed by atoms with van der Waals surface area (Å²) in [5, 5.41) is 22.5. The summed E-state index contributed by atoms with van der Waals surface area (Å²) in [6, 6.07) is 1.56. The third kappa shape index (κ3) is 3.66. The Balaban J connectivity index is 2.19. The standard InChI is InChI=1S/C13H15FN2O5/c14-10-6-11(15-7-8-3-1-2-4-21-8)12(16(19)20)5-9(10)13(17)18/h5-6,8,15H,1-4,7H2,(H,17,18). The number of hydrogen-bond acceptors (Lipinski definition) is 5. The maximum atomic E-state index is 13.6. The van der Waals surface area contributed by atoms with Crippen LogP contribution >= 0.6 is 0 Å². The van der Waals surface area contributed by atoms with Gasteiger partial charge in [-0.25, -0.2) is 9.18 Å². The normalized spacial score (nSPS) is 18.2. The van der Waals surface area contributed by atoms with E-state index >= 15 is 0 Å². The maximum absolute atomic E-state index is 13.6. The van der Waals surface area contributed by atoms with Crippen molar-refractivity contribution in [3.63, 3.8) is 0 Å². The third-order valence-corrected chi connectivity index (χ3v) is 3.31. The van der Waals surface area contributed by atoms with E-state index in [1.165, 1.54) is 0 Å². The number of ether oxygens (including phenoxy) is 1. The molecule has 1 aromatic carbocycles. The molecule has 1 aliphatic heterocycles. The van der Waals surface area contributed by atoms with Crippen LogP contribution in [0.5, 0.6) is 0 Å². The van der Waals surface area contributed by atoms with E-state index in [0.29, 0.717) is 13.2 Å². The summed E-state index contributed by atoms with van der Waals surface area (Å²) in [6.45, 7) is 0.952. The lowest BCUT2D eigenvalue weighted by atomic mass is 10.1. The second-order valence-electron chi connectivity index (χ2n) is 4.78. The average Bonchev–Trinajstić information content (AvgIpc) is 2.45. The van der Waals surface area contributed by atoms with E-state index in [1.807, 2.05) is 0 Å². The molecule has 0 amide bonds. The van der Waals surface area contributed by atoms with Crippen LogP contribution in [0.15, 0.2) is 12.1 Å². The second-order valence-corrected chi connectivity index (χ2v) is 4.78. The monoisotopic (exact) mass is 298 g/mol. The number of hydrogen-bond donors (Lipinski definition) is 2. The number of nitro groups is 1. The van der Waals surface area contributed by atoms with Crippen LogP contribution < -0.4 is 5.32 Å². The highest BCUT2D eigenvalue weighted by atomic mass is 19.1. The largest absolute Gasteiger partial charge is 0.478 e. The molecule has 1 atom stereocenters. The maximum Gasteiger partial charge on any atom is 0.338 e. The van der Waals surface area contributed by atoms with Crippen molar-refractivity contribution < 1.29 is 24.0 Å². The van der Waals surface area contributed by atoms with Crippen molar-refractivity contribution in [3.05, 3.63) is 33.6 Å². The zero-order chi connectivity index (χ0) is 15.4. The SMILES string of the molecule is O=C(O)c1cc([N+](=O)[O-])c(NCC2CCCCO2)cc1F. The first-order valence-electron chi connectivity index (χ1n) is 6.55. The summed E-state index contributed by atoms with van der Waals surface area (Å²) in [6.07, 6.45) is 2.75. The number of nitrogens with zero attached hydrogens (tertiary/aromatic N) is 1. The van der Waals surface area contributed by atoms with Crippen LogP contribution in [0.1, 0.15) is 29.6 Å². The molecular formula is C13H15FN2O5. The fourth-order valence-corrected chi connectivity index (χ4v) is 2.21. The number of halogens is 1. The fourth-order valence-electron chi connectivity index (χ4n) is 2.21. The predicted molar refractivity (Wildman–Crippen MR) is 72.1 cm³/mol. The molecule has 0 aliphatic carbocycles. The summed E-state index contributed by atoms with van der Waals surface area (Å²) in [4.78, 5) is 21.0. The lowest BCUT2D eigenvalue weighted by Gasteiger charge is -2.23. The molecule has 2 N–H and O–H groups in total. The Hall–Kier alpha value is -2.22. The summed E-state index contributed by atoms with van der Waals surface area (Å²) >= 11 is 0. The van der Waals surface area contributed by atoms with Gasteiger partial charge in [-0.05, 0) is 19.3 Å². The Kier molecular flexibility index (Phi) is 4.69. The van der Waals surface area contributed by atoms with Crippen LogP contribution in [0.25, 0.3) is 0 Å². The van der Waals surface area contributed by atoms with Gasteiger partial charge in [-0.1, -0.05) is 0 Å². The highest BCUT2D eigenvalue weighted by Gasteiger charge is 2.23. The predicted octanol–water partition coefficient (Wildman–Crippen LogP) is 2.41. The van der Waals surface area contributed by atoms with Crippen LogP contribution in [-0.2, 0) is 4.74 Å². The lowest BCUT2D eigenvalue weighted by molar-refractivity contribution is -0.384. The van der Waals surface area contributed by atoms with E-state index in [9.17, 15) is 19.3 Å². The van der Waals surface area contributed by atoms with Gasteiger partial charge < -0.3 is 15.2 Å². The molecule has 0 radical (unpaired) electrons. The molecule has 7 nitrogen and oxygen atoms in total. The molecule has 0 aromatic heterocycles. The smallest absolute Gasteiger partial charge is 0.338 e. The minimum absolute atomic E-state index is 0.0447. The molecule has 0 spiro atoms. The topological polar surface area (TPSA) is 102 Å². The van der Waals surface area contributed by atoms with E-state index in [-0.39, 0.29) is 11.8 Å². The van der Waals surface area contributed by atoms with Crippen molar-refractivity contribution >= 4 is 17.3 Å². The second kappa shape index (κ2) is 6.49. The number of benzene rings is 1. The van der Waals surface area contributed by atoms with Crippen LogP contribution in [-0.4, -0.2) is 35.3 Å². The summed E-state index contributed by atoms with van der Waals surface area (Å²) < 4.78 is 19.1. The van der Waals surface area contributed by atoms with Gasteiger partial charge in [-0.15, -0.1) is 0 Å². The quantitative estimate of drug-likeness (QED) is 0.639. The first kappa shape index (κ1) is 15.2. The number of nitro benzene ring substituents is 1. The molecule has 1 aliphatic rings. The zero-order valence-corrected chi connectivity index (χ0v) is 11.2. The summed E-state index contributed by atoms with van der Waals surface area (Å²) in [7, 11) is 0. The van der Waals surface area contributed by atoms with E-state index < -0.39 is 28.0 Å².